The molecule has 0 saturated heterocycles. The third-order valence-corrected chi connectivity index (χ3v) is 5.37. The molecule has 0 radical (unpaired) electrons. The van der Waals surface area contributed by atoms with E-state index in [1.165, 1.54) is 40.6 Å². The fourth-order valence-corrected chi connectivity index (χ4v) is 3.92. The molecule has 0 aliphatic carbocycles. The molecule has 1 aromatic heterocycles. The quantitative estimate of drug-likeness (QED) is 0.473. The van der Waals surface area contributed by atoms with Crippen molar-refractivity contribution in [2.75, 3.05) is 6.61 Å². The van der Waals surface area contributed by atoms with Crippen LogP contribution in [0.15, 0.2) is 30.3 Å². The molecular weight excluding hydrogens is 300 g/mol. The number of fused-ring (bicyclic) bond motifs is 1. The summed E-state index contributed by atoms with van der Waals surface area (Å²) in [6.07, 6.45) is 9.94. The summed E-state index contributed by atoms with van der Waals surface area (Å²) in [6, 6.07) is 8.64. The van der Waals surface area contributed by atoms with E-state index in [4.69, 9.17) is 4.74 Å². The molecule has 0 aliphatic rings. The highest BCUT2D eigenvalue weighted by Gasteiger charge is 2.05. The summed E-state index contributed by atoms with van der Waals surface area (Å²) in [5, 5.41) is 1.31. The molecule has 2 heteroatoms. The van der Waals surface area contributed by atoms with Crippen molar-refractivity contribution in [1.29, 1.82) is 0 Å². The van der Waals surface area contributed by atoms with Crippen molar-refractivity contribution in [3.05, 3.63) is 35.2 Å². The second-order valence-corrected chi connectivity index (χ2v) is 7.70. The van der Waals surface area contributed by atoms with Crippen LogP contribution in [0, 0.1) is 11.8 Å². The van der Waals surface area contributed by atoms with E-state index in [0.29, 0.717) is 5.92 Å². The Kier molecular flexibility index (Phi) is 7.16. The number of rotatable bonds is 9. The van der Waals surface area contributed by atoms with Crippen LogP contribution in [0.2, 0.25) is 0 Å². The molecule has 1 aromatic carbocycles. The number of hydrogen-bond acceptors (Lipinski definition) is 2. The van der Waals surface area contributed by atoms with Gasteiger partial charge in [0.1, 0.15) is 5.75 Å². The van der Waals surface area contributed by atoms with E-state index in [2.05, 4.69) is 57.2 Å². The first-order valence-corrected chi connectivity index (χ1v) is 9.78. The van der Waals surface area contributed by atoms with Gasteiger partial charge in [0, 0.05) is 9.58 Å². The Hall–Kier alpha value is -1.28. The second kappa shape index (κ2) is 9.12. The van der Waals surface area contributed by atoms with E-state index in [9.17, 15) is 0 Å². The molecule has 0 saturated carbocycles. The molecule has 0 spiro atoms. The number of allylic oxidation sites excluding steroid dienone is 1. The fraction of sp³-hybridized carbons (Fsp3) is 0.524. The first-order chi connectivity index (χ1) is 11.1. The van der Waals surface area contributed by atoms with Crippen LogP contribution in [0.4, 0.5) is 0 Å². The molecule has 2 atom stereocenters. The van der Waals surface area contributed by atoms with Crippen LogP contribution in [-0.2, 0) is 0 Å². The van der Waals surface area contributed by atoms with E-state index in [1.54, 1.807) is 0 Å². The minimum Gasteiger partial charge on any atom is -0.494 e. The average molecular weight is 331 g/mol. The standard InChI is InChI=1S/C21H30OS/c1-5-7-16(3)8-9-17(4)10-13-20-14-18-11-12-19(22-6-2)15-21(18)23-20/h10-17H,5-9H2,1-4H3/b13-10+. The molecule has 1 nitrogen and oxygen atoms in total. The summed E-state index contributed by atoms with van der Waals surface area (Å²) in [7, 11) is 0. The predicted molar refractivity (Wildman–Crippen MR) is 104 cm³/mol. The summed E-state index contributed by atoms with van der Waals surface area (Å²) in [5.74, 6) is 2.48. The summed E-state index contributed by atoms with van der Waals surface area (Å²) >= 11 is 1.84. The monoisotopic (exact) mass is 330 g/mol. The lowest BCUT2D eigenvalue weighted by Gasteiger charge is -2.11. The molecule has 0 amide bonds. The molecule has 1 heterocycles. The van der Waals surface area contributed by atoms with Crippen LogP contribution >= 0.6 is 11.3 Å². The van der Waals surface area contributed by atoms with Gasteiger partial charge in [-0.05, 0) is 60.9 Å². The van der Waals surface area contributed by atoms with Gasteiger partial charge in [-0.1, -0.05) is 46.1 Å². The van der Waals surface area contributed by atoms with Crippen LogP contribution in [0.3, 0.4) is 0 Å². The van der Waals surface area contributed by atoms with E-state index in [0.717, 1.165) is 18.3 Å². The smallest absolute Gasteiger partial charge is 0.120 e. The predicted octanol–water partition coefficient (Wildman–Crippen LogP) is 7.17. The minimum absolute atomic E-state index is 0.651. The Labute approximate surface area is 145 Å². The molecule has 2 rings (SSSR count). The zero-order valence-corrected chi connectivity index (χ0v) is 15.8. The van der Waals surface area contributed by atoms with Gasteiger partial charge in [0.05, 0.1) is 6.61 Å². The van der Waals surface area contributed by atoms with Crippen molar-refractivity contribution in [3.8, 4) is 5.75 Å². The first kappa shape index (κ1) is 18.1. The third kappa shape index (κ3) is 5.69. The molecule has 126 valence electrons. The van der Waals surface area contributed by atoms with Crippen LogP contribution in [0.5, 0.6) is 5.75 Å². The van der Waals surface area contributed by atoms with Gasteiger partial charge in [0.15, 0.2) is 0 Å². The zero-order chi connectivity index (χ0) is 16.7. The van der Waals surface area contributed by atoms with E-state index in [1.807, 2.05) is 18.3 Å². The lowest BCUT2D eigenvalue weighted by atomic mass is 9.95. The normalized spacial score (nSPS) is 14.4. The van der Waals surface area contributed by atoms with Crippen LogP contribution in [0.1, 0.15) is 58.3 Å². The Morgan fingerprint density at radius 3 is 2.65 bits per heavy atom. The minimum atomic E-state index is 0.651. The highest BCUT2D eigenvalue weighted by atomic mass is 32.1. The third-order valence-electron chi connectivity index (χ3n) is 4.31. The second-order valence-electron chi connectivity index (χ2n) is 6.59. The largest absolute Gasteiger partial charge is 0.494 e. The van der Waals surface area contributed by atoms with Crippen molar-refractivity contribution in [1.82, 2.24) is 0 Å². The average Bonchev–Trinajstić information content (AvgIpc) is 2.94. The number of ether oxygens (including phenoxy) is 1. The van der Waals surface area contributed by atoms with Crippen LogP contribution < -0.4 is 4.74 Å². The summed E-state index contributed by atoms with van der Waals surface area (Å²) in [5.41, 5.74) is 0. The van der Waals surface area contributed by atoms with Gasteiger partial charge in [0.2, 0.25) is 0 Å². The van der Waals surface area contributed by atoms with Gasteiger partial charge in [-0.15, -0.1) is 11.3 Å². The summed E-state index contributed by atoms with van der Waals surface area (Å²) in [6.45, 7) is 9.73. The maximum atomic E-state index is 5.58. The molecule has 2 unspecified atom stereocenters. The van der Waals surface area contributed by atoms with Crippen LogP contribution in [-0.4, -0.2) is 6.61 Å². The van der Waals surface area contributed by atoms with E-state index in [-0.39, 0.29) is 0 Å². The van der Waals surface area contributed by atoms with Gasteiger partial charge in [-0.25, -0.2) is 0 Å². The molecule has 0 fully saturated rings. The number of thiophene rings is 1. The highest BCUT2D eigenvalue weighted by molar-refractivity contribution is 7.19. The van der Waals surface area contributed by atoms with Crippen molar-refractivity contribution in [2.45, 2.75) is 53.4 Å². The van der Waals surface area contributed by atoms with Crippen molar-refractivity contribution in [2.24, 2.45) is 11.8 Å². The Morgan fingerprint density at radius 2 is 1.91 bits per heavy atom. The Morgan fingerprint density at radius 1 is 1.09 bits per heavy atom. The van der Waals surface area contributed by atoms with Crippen molar-refractivity contribution in [3.63, 3.8) is 0 Å². The van der Waals surface area contributed by atoms with E-state index >= 15 is 0 Å². The lowest BCUT2D eigenvalue weighted by molar-refractivity contribution is 0.341. The zero-order valence-electron chi connectivity index (χ0n) is 15.0. The maximum absolute atomic E-state index is 5.58. The summed E-state index contributed by atoms with van der Waals surface area (Å²) in [4.78, 5) is 1.34. The topological polar surface area (TPSA) is 9.23 Å². The first-order valence-electron chi connectivity index (χ1n) is 8.97. The lowest BCUT2D eigenvalue weighted by Crippen LogP contribution is -1.97. The van der Waals surface area contributed by atoms with Crippen molar-refractivity contribution < 1.29 is 4.74 Å². The highest BCUT2D eigenvalue weighted by Crippen LogP contribution is 2.30. The summed E-state index contributed by atoms with van der Waals surface area (Å²) < 4.78 is 6.89. The van der Waals surface area contributed by atoms with Crippen molar-refractivity contribution >= 4 is 27.5 Å². The van der Waals surface area contributed by atoms with Gasteiger partial charge < -0.3 is 4.74 Å². The SMILES string of the molecule is CCCC(C)CCC(C)/C=C/c1cc2ccc(OCC)cc2s1. The molecule has 0 bridgehead atoms. The van der Waals surface area contributed by atoms with Gasteiger partial charge in [-0.3, -0.25) is 0 Å². The number of hydrogen-bond donors (Lipinski definition) is 0. The van der Waals surface area contributed by atoms with Gasteiger partial charge in [0.25, 0.3) is 0 Å². The van der Waals surface area contributed by atoms with Gasteiger partial charge in [-0.2, -0.15) is 0 Å². The van der Waals surface area contributed by atoms with E-state index < -0.39 is 0 Å². The molecule has 23 heavy (non-hydrogen) atoms. The Bertz CT molecular complexity index is 626. The van der Waals surface area contributed by atoms with Crippen LogP contribution in [0.25, 0.3) is 16.2 Å². The number of benzene rings is 1. The fourth-order valence-electron chi connectivity index (χ4n) is 2.91. The molecule has 0 N–H and O–H groups in total. The molecule has 0 aliphatic heterocycles. The molecular formula is C21H30OS. The maximum Gasteiger partial charge on any atom is 0.120 e. The molecule has 2 aromatic rings. The van der Waals surface area contributed by atoms with Gasteiger partial charge >= 0.3 is 0 Å². The Balaban J connectivity index is 1.95.